The molecule has 0 amide bonds. The molecule has 1 aliphatic carbocycles. The Kier molecular flexibility index (Phi) is 7.77. The molecule has 0 aromatic carbocycles. The number of guanidine groups is 1. The summed E-state index contributed by atoms with van der Waals surface area (Å²) >= 11 is 6.25. The van der Waals surface area contributed by atoms with Gasteiger partial charge in [0.1, 0.15) is 11.9 Å². The Balaban J connectivity index is 1.34. The molecule has 154 valence electrons. The fraction of sp³-hybridized carbons (Fsp3) is 0.650. The van der Waals surface area contributed by atoms with Crippen molar-refractivity contribution < 1.29 is 9.53 Å². The van der Waals surface area contributed by atoms with E-state index in [1.165, 1.54) is 12.8 Å². The average molecular weight is 408 g/mol. The van der Waals surface area contributed by atoms with Crippen LogP contribution in [0.3, 0.4) is 0 Å². The Morgan fingerprint density at radius 3 is 2.96 bits per heavy atom. The predicted octanol–water partition coefficient (Wildman–Crippen LogP) is 2.74. The molecule has 1 saturated heterocycles. The molecule has 2 N–H and O–H groups in total. The van der Waals surface area contributed by atoms with Crippen molar-refractivity contribution in [3.63, 3.8) is 0 Å². The Morgan fingerprint density at radius 2 is 2.21 bits per heavy atom. The third-order valence-electron chi connectivity index (χ3n) is 5.24. The second-order valence-electron chi connectivity index (χ2n) is 7.38. The molecule has 0 bridgehead atoms. The number of esters is 1. The van der Waals surface area contributed by atoms with Crippen molar-refractivity contribution in [2.24, 2.45) is 4.99 Å². The van der Waals surface area contributed by atoms with Crippen LogP contribution in [0.2, 0.25) is 5.02 Å². The summed E-state index contributed by atoms with van der Waals surface area (Å²) in [5.41, 5.74) is 0. The van der Waals surface area contributed by atoms with Crippen LogP contribution in [-0.2, 0) is 9.53 Å². The van der Waals surface area contributed by atoms with Gasteiger partial charge in [-0.1, -0.05) is 11.6 Å². The molecule has 1 aromatic heterocycles. The van der Waals surface area contributed by atoms with Gasteiger partial charge >= 0.3 is 5.97 Å². The molecule has 1 aliphatic heterocycles. The highest BCUT2D eigenvalue weighted by atomic mass is 35.5. The van der Waals surface area contributed by atoms with Gasteiger partial charge in [-0.3, -0.25) is 9.79 Å². The third-order valence-corrected chi connectivity index (χ3v) is 5.54. The molecule has 2 aliphatic rings. The number of carbonyl (C=O) groups excluding carboxylic acids is 1. The quantitative estimate of drug-likeness (QED) is 0.313. The Morgan fingerprint density at radius 1 is 1.39 bits per heavy atom. The van der Waals surface area contributed by atoms with Gasteiger partial charge in [0.2, 0.25) is 0 Å². The zero-order chi connectivity index (χ0) is 19.8. The van der Waals surface area contributed by atoms with Crippen LogP contribution in [0.15, 0.2) is 23.3 Å². The summed E-state index contributed by atoms with van der Waals surface area (Å²) in [5, 5.41) is 7.40. The van der Waals surface area contributed by atoms with Gasteiger partial charge in [-0.15, -0.1) is 0 Å². The van der Waals surface area contributed by atoms with Crippen LogP contribution >= 0.6 is 11.6 Å². The number of hydrogen-bond donors (Lipinski definition) is 2. The summed E-state index contributed by atoms with van der Waals surface area (Å²) in [6.45, 7) is 2.41. The highest BCUT2D eigenvalue weighted by Crippen LogP contribution is 2.25. The topological polar surface area (TPSA) is 78.8 Å². The van der Waals surface area contributed by atoms with E-state index < -0.39 is 0 Å². The van der Waals surface area contributed by atoms with E-state index in [0.717, 1.165) is 50.6 Å². The lowest BCUT2D eigenvalue weighted by molar-refractivity contribution is -0.148. The van der Waals surface area contributed by atoms with Crippen molar-refractivity contribution in [1.82, 2.24) is 15.6 Å². The minimum absolute atomic E-state index is 0.0877. The van der Waals surface area contributed by atoms with Gasteiger partial charge in [0.25, 0.3) is 0 Å². The lowest BCUT2D eigenvalue weighted by Crippen LogP contribution is -2.45. The first-order valence-electron chi connectivity index (χ1n) is 10.2. The van der Waals surface area contributed by atoms with Gasteiger partial charge in [0.05, 0.1) is 5.02 Å². The smallest absolute Gasteiger partial charge is 0.306 e. The number of carbonyl (C=O) groups is 1. The number of nitrogens with zero attached hydrogens (tertiary/aromatic N) is 3. The Labute approximate surface area is 171 Å². The number of pyridine rings is 1. The van der Waals surface area contributed by atoms with Gasteiger partial charge < -0.3 is 20.3 Å². The molecule has 3 rings (SSSR count). The Bertz CT molecular complexity index is 678. The number of halogens is 1. The molecule has 1 aromatic rings. The van der Waals surface area contributed by atoms with Gasteiger partial charge in [-0.05, 0) is 50.7 Å². The second-order valence-corrected chi connectivity index (χ2v) is 7.79. The lowest BCUT2D eigenvalue weighted by atomic mass is 10.2. The molecule has 0 radical (unpaired) electrons. The maximum absolute atomic E-state index is 11.9. The lowest BCUT2D eigenvalue weighted by Gasteiger charge is -2.20. The normalized spacial score (nSPS) is 20.4. The van der Waals surface area contributed by atoms with Crippen molar-refractivity contribution in [2.75, 3.05) is 31.6 Å². The molecule has 8 heteroatoms. The van der Waals surface area contributed by atoms with E-state index >= 15 is 0 Å². The van der Waals surface area contributed by atoms with Crippen LogP contribution in [0.5, 0.6) is 0 Å². The van der Waals surface area contributed by atoms with Crippen LogP contribution in [0.25, 0.3) is 0 Å². The fourth-order valence-electron chi connectivity index (χ4n) is 3.76. The van der Waals surface area contributed by atoms with Crippen LogP contribution in [0.4, 0.5) is 5.82 Å². The van der Waals surface area contributed by atoms with E-state index in [-0.39, 0.29) is 18.1 Å². The van der Waals surface area contributed by atoms with E-state index in [1.54, 1.807) is 13.2 Å². The Hall–Kier alpha value is -2.02. The van der Waals surface area contributed by atoms with E-state index in [2.05, 4.69) is 25.5 Å². The molecule has 28 heavy (non-hydrogen) atoms. The number of anilines is 1. The fourth-order valence-corrected chi connectivity index (χ4v) is 4.00. The number of aliphatic imine (C=N–C) groups is 1. The highest BCUT2D eigenvalue weighted by molar-refractivity contribution is 6.32. The van der Waals surface area contributed by atoms with Crippen LogP contribution in [0.1, 0.15) is 44.9 Å². The summed E-state index contributed by atoms with van der Waals surface area (Å²) in [6, 6.07) is 3.98. The first-order chi connectivity index (χ1) is 13.7. The van der Waals surface area contributed by atoms with Gasteiger partial charge in [-0.2, -0.15) is 0 Å². The van der Waals surface area contributed by atoms with Crippen LogP contribution < -0.4 is 15.5 Å². The highest BCUT2D eigenvalue weighted by Gasteiger charge is 2.25. The van der Waals surface area contributed by atoms with Crippen LogP contribution in [-0.4, -0.2) is 55.7 Å². The summed E-state index contributed by atoms with van der Waals surface area (Å²) in [4.78, 5) is 22.7. The second kappa shape index (κ2) is 10.5. The molecular formula is C20H30ClN5O2. The summed E-state index contributed by atoms with van der Waals surface area (Å²) < 4.78 is 5.48. The molecule has 7 nitrogen and oxygen atoms in total. The average Bonchev–Trinajstić information content (AvgIpc) is 3.36. The van der Waals surface area contributed by atoms with Crippen molar-refractivity contribution >= 4 is 29.3 Å². The van der Waals surface area contributed by atoms with Crippen molar-refractivity contribution in [2.45, 2.75) is 57.1 Å². The molecule has 0 spiro atoms. The summed E-state index contributed by atoms with van der Waals surface area (Å²) in [6.07, 6.45) is 8.45. The number of ether oxygens (including phenoxy) is 1. The molecule has 1 unspecified atom stereocenters. The number of rotatable bonds is 7. The van der Waals surface area contributed by atoms with E-state index in [0.29, 0.717) is 18.0 Å². The van der Waals surface area contributed by atoms with E-state index in [9.17, 15) is 4.79 Å². The summed E-state index contributed by atoms with van der Waals surface area (Å²) in [5.74, 6) is 1.50. The first kappa shape index (κ1) is 20.7. The van der Waals surface area contributed by atoms with Gasteiger partial charge in [0, 0.05) is 45.3 Å². The summed E-state index contributed by atoms with van der Waals surface area (Å²) in [7, 11) is 1.76. The van der Waals surface area contributed by atoms with Crippen molar-refractivity contribution in [3.8, 4) is 0 Å². The van der Waals surface area contributed by atoms with Crippen molar-refractivity contribution in [3.05, 3.63) is 23.4 Å². The molecule has 2 fully saturated rings. The monoisotopic (exact) mass is 407 g/mol. The minimum Gasteiger partial charge on any atom is -0.462 e. The standard InChI is InChI=1S/C20H30ClN5O2/c1-22-20(24-12-5-9-18(27)28-16-6-2-3-7-16)25-15-10-13-26(14-15)19-17(21)8-4-11-23-19/h4,8,11,15-16H,2-3,5-7,9-10,12-14H2,1H3,(H2,22,24,25). The first-order valence-corrected chi connectivity index (χ1v) is 10.6. The van der Waals surface area contributed by atoms with Gasteiger partial charge in [0.15, 0.2) is 5.96 Å². The predicted molar refractivity (Wildman–Crippen MR) is 112 cm³/mol. The number of hydrogen-bond acceptors (Lipinski definition) is 5. The minimum atomic E-state index is -0.0877. The zero-order valence-corrected chi connectivity index (χ0v) is 17.2. The number of aromatic nitrogens is 1. The van der Waals surface area contributed by atoms with E-state index in [1.807, 2.05) is 12.1 Å². The van der Waals surface area contributed by atoms with Crippen LogP contribution in [0, 0.1) is 0 Å². The maximum Gasteiger partial charge on any atom is 0.306 e. The SMILES string of the molecule is CN=C(NCCCC(=O)OC1CCCC1)NC1CCN(c2ncccc2Cl)C1. The largest absolute Gasteiger partial charge is 0.462 e. The molecule has 1 saturated carbocycles. The zero-order valence-electron chi connectivity index (χ0n) is 16.5. The maximum atomic E-state index is 11.9. The molecular weight excluding hydrogens is 378 g/mol. The van der Waals surface area contributed by atoms with E-state index in [4.69, 9.17) is 16.3 Å². The molecule has 1 atom stereocenters. The van der Waals surface area contributed by atoms with Gasteiger partial charge in [-0.25, -0.2) is 4.98 Å². The molecule has 2 heterocycles. The third kappa shape index (κ3) is 5.99. The van der Waals surface area contributed by atoms with Crippen molar-refractivity contribution in [1.29, 1.82) is 0 Å². The number of nitrogens with one attached hydrogen (secondary N) is 2.